The molecule has 0 atom stereocenters. The molecule has 5 amide bonds. The van der Waals surface area contributed by atoms with Gasteiger partial charge in [0.1, 0.15) is 11.4 Å². The second-order valence-electron chi connectivity index (χ2n) is 6.83. The van der Waals surface area contributed by atoms with Gasteiger partial charge >= 0.3 is 6.03 Å². The molecule has 2 fully saturated rings. The van der Waals surface area contributed by atoms with Crippen LogP contribution in [0.3, 0.4) is 0 Å². The van der Waals surface area contributed by atoms with E-state index in [1.54, 1.807) is 6.07 Å². The summed E-state index contributed by atoms with van der Waals surface area (Å²) >= 11 is 0. The number of hydrogen-bond donors (Lipinski definition) is 3. The van der Waals surface area contributed by atoms with E-state index >= 15 is 0 Å². The van der Waals surface area contributed by atoms with Crippen LogP contribution in [0.25, 0.3) is 0 Å². The maximum Gasteiger partial charge on any atom is 0.344 e. The molecular formula is C18H21FN4O4. The van der Waals surface area contributed by atoms with E-state index in [2.05, 4.69) is 16.1 Å². The summed E-state index contributed by atoms with van der Waals surface area (Å²) in [5, 5.41) is 5.75. The van der Waals surface area contributed by atoms with Crippen LogP contribution in [0.5, 0.6) is 0 Å². The van der Waals surface area contributed by atoms with Gasteiger partial charge in [-0.05, 0) is 30.5 Å². The first-order chi connectivity index (χ1) is 12.9. The van der Waals surface area contributed by atoms with Crippen LogP contribution in [0.4, 0.5) is 9.18 Å². The third kappa shape index (κ3) is 4.24. The molecule has 3 N–H and O–H groups in total. The third-order valence-corrected chi connectivity index (χ3v) is 4.81. The molecule has 0 aromatic heterocycles. The Labute approximate surface area is 155 Å². The lowest BCUT2D eigenvalue weighted by atomic mass is 9.82. The largest absolute Gasteiger partial charge is 0.347 e. The zero-order chi connectivity index (χ0) is 19.4. The zero-order valence-corrected chi connectivity index (χ0v) is 14.7. The molecule has 27 heavy (non-hydrogen) atoms. The fourth-order valence-electron chi connectivity index (χ4n) is 3.45. The van der Waals surface area contributed by atoms with Gasteiger partial charge in [0, 0.05) is 0 Å². The molecule has 3 rings (SSSR count). The zero-order valence-electron chi connectivity index (χ0n) is 14.7. The monoisotopic (exact) mass is 376 g/mol. The molecule has 1 aliphatic heterocycles. The molecule has 144 valence electrons. The molecule has 1 saturated heterocycles. The van der Waals surface area contributed by atoms with Crippen molar-refractivity contribution in [3.63, 3.8) is 0 Å². The Morgan fingerprint density at radius 3 is 2.59 bits per heavy atom. The van der Waals surface area contributed by atoms with E-state index in [1.165, 1.54) is 18.2 Å². The number of hydrogen-bond acceptors (Lipinski definition) is 4. The first kappa shape index (κ1) is 18.8. The van der Waals surface area contributed by atoms with Crippen molar-refractivity contribution < 1.29 is 23.6 Å². The highest BCUT2D eigenvalue weighted by Gasteiger charge is 2.52. The number of imide groups is 1. The molecule has 0 radical (unpaired) electrons. The van der Waals surface area contributed by atoms with Crippen LogP contribution in [0.15, 0.2) is 24.3 Å². The van der Waals surface area contributed by atoms with Crippen molar-refractivity contribution in [3.05, 3.63) is 35.6 Å². The second-order valence-corrected chi connectivity index (χ2v) is 6.83. The summed E-state index contributed by atoms with van der Waals surface area (Å²) in [4.78, 5) is 48.5. The number of hydrazine groups is 1. The molecule has 1 aromatic carbocycles. The lowest BCUT2D eigenvalue weighted by molar-refractivity contribution is -0.139. The Hall–Kier alpha value is -2.97. The molecule has 2 aliphatic rings. The summed E-state index contributed by atoms with van der Waals surface area (Å²) in [6.07, 6.45) is 3.70. The minimum Gasteiger partial charge on any atom is -0.347 e. The highest BCUT2D eigenvalue weighted by Crippen LogP contribution is 2.32. The number of carbonyl (C=O) groups is 4. The van der Waals surface area contributed by atoms with Crippen molar-refractivity contribution in [2.75, 3.05) is 6.54 Å². The van der Waals surface area contributed by atoms with Crippen molar-refractivity contribution in [2.45, 2.75) is 44.1 Å². The summed E-state index contributed by atoms with van der Waals surface area (Å²) in [6, 6.07) is 4.92. The van der Waals surface area contributed by atoms with Crippen molar-refractivity contribution in [3.8, 4) is 0 Å². The summed E-state index contributed by atoms with van der Waals surface area (Å²) in [5.74, 6) is -2.09. The van der Waals surface area contributed by atoms with Gasteiger partial charge in [0.2, 0.25) is 5.91 Å². The topological polar surface area (TPSA) is 108 Å². The average Bonchev–Trinajstić information content (AvgIpc) is 2.85. The van der Waals surface area contributed by atoms with Gasteiger partial charge in [-0.3, -0.25) is 19.8 Å². The molecule has 1 saturated carbocycles. The number of nitrogens with one attached hydrogen (secondary N) is 3. The Morgan fingerprint density at radius 1 is 1.15 bits per heavy atom. The van der Waals surface area contributed by atoms with E-state index in [0.29, 0.717) is 23.4 Å². The van der Waals surface area contributed by atoms with E-state index in [0.717, 1.165) is 19.3 Å². The number of amides is 5. The molecule has 1 spiro atoms. The minimum absolute atomic E-state index is 0.0860. The van der Waals surface area contributed by atoms with E-state index in [4.69, 9.17) is 0 Å². The number of nitrogens with zero attached hydrogens (tertiary/aromatic N) is 1. The Balaban J connectivity index is 1.49. The standard InChI is InChI=1S/C18H21FN4O4/c19-13-6-4-5-12(9-13)10-14(24)20-11-15(25)22-23-16(26)18(21-17(23)27)7-2-1-3-8-18/h4-6,9H,1-3,7-8,10-11H2,(H,20,24)(H,21,27)(H,22,25). The minimum atomic E-state index is -0.927. The Kier molecular flexibility index (Phi) is 5.38. The summed E-state index contributed by atoms with van der Waals surface area (Å²) in [5.41, 5.74) is 1.78. The summed E-state index contributed by atoms with van der Waals surface area (Å²) < 4.78 is 13.1. The molecule has 1 heterocycles. The molecule has 9 heteroatoms. The van der Waals surface area contributed by atoms with Crippen LogP contribution < -0.4 is 16.1 Å². The predicted molar refractivity (Wildman–Crippen MR) is 92.5 cm³/mol. The van der Waals surface area contributed by atoms with Crippen molar-refractivity contribution in [1.29, 1.82) is 0 Å². The molecule has 8 nitrogen and oxygen atoms in total. The highest BCUT2D eigenvalue weighted by molar-refractivity contribution is 6.08. The van der Waals surface area contributed by atoms with Crippen molar-refractivity contribution in [1.82, 2.24) is 21.1 Å². The van der Waals surface area contributed by atoms with E-state index in [-0.39, 0.29) is 6.42 Å². The van der Waals surface area contributed by atoms with E-state index in [9.17, 15) is 23.6 Å². The lowest BCUT2D eigenvalue weighted by Crippen LogP contribution is -2.52. The van der Waals surface area contributed by atoms with Gasteiger partial charge in [-0.1, -0.05) is 31.4 Å². The number of carbonyl (C=O) groups excluding carboxylic acids is 4. The van der Waals surface area contributed by atoms with Crippen LogP contribution in [0.2, 0.25) is 0 Å². The van der Waals surface area contributed by atoms with Gasteiger partial charge in [0.15, 0.2) is 0 Å². The number of rotatable bonds is 5. The third-order valence-electron chi connectivity index (χ3n) is 4.81. The normalized spacial score (nSPS) is 18.3. The van der Waals surface area contributed by atoms with Gasteiger partial charge in [-0.15, -0.1) is 0 Å². The first-order valence-corrected chi connectivity index (χ1v) is 8.87. The Bertz CT molecular complexity index is 776. The van der Waals surface area contributed by atoms with Gasteiger partial charge in [-0.25, -0.2) is 9.18 Å². The van der Waals surface area contributed by atoms with Crippen LogP contribution in [-0.2, 0) is 20.8 Å². The number of halogens is 1. The van der Waals surface area contributed by atoms with Gasteiger partial charge in [0.05, 0.1) is 13.0 Å². The second kappa shape index (κ2) is 7.73. The average molecular weight is 376 g/mol. The van der Waals surface area contributed by atoms with Gasteiger partial charge in [-0.2, -0.15) is 5.01 Å². The van der Waals surface area contributed by atoms with Gasteiger partial charge in [0.25, 0.3) is 11.8 Å². The van der Waals surface area contributed by atoms with Crippen LogP contribution in [0, 0.1) is 5.82 Å². The molecule has 0 unspecified atom stereocenters. The van der Waals surface area contributed by atoms with Crippen LogP contribution in [-0.4, -0.2) is 40.8 Å². The van der Waals surface area contributed by atoms with Crippen LogP contribution >= 0.6 is 0 Å². The van der Waals surface area contributed by atoms with E-state index in [1.807, 2.05) is 0 Å². The first-order valence-electron chi connectivity index (χ1n) is 8.87. The maximum absolute atomic E-state index is 13.1. The fraction of sp³-hybridized carbons (Fsp3) is 0.444. The maximum atomic E-state index is 13.1. The summed E-state index contributed by atoms with van der Waals surface area (Å²) in [7, 11) is 0. The molecule has 1 aliphatic carbocycles. The fourth-order valence-corrected chi connectivity index (χ4v) is 3.45. The van der Waals surface area contributed by atoms with Crippen LogP contribution in [0.1, 0.15) is 37.7 Å². The van der Waals surface area contributed by atoms with Gasteiger partial charge < -0.3 is 10.6 Å². The quantitative estimate of drug-likeness (QED) is 0.660. The smallest absolute Gasteiger partial charge is 0.344 e. The molecule has 0 bridgehead atoms. The highest BCUT2D eigenvalue weighted by atomic mass is 19.1. The van der Waals surface area contributed by atoms with Crippen molar-refractivity contribution in [2.24, 2.45) is 0 Å². The Morgan fingerprint density at radius 2 is 1.89 bits per heavy atom. The molecular weight excluding hydrogens is 355 g/mol. The number of benzene rings is 1. The molecule has 1 aromatic rings. The summed E-state index contributed by atoms with van der Waals surface area (Å²) in [6.45, 7) is -0.405. The SMILES string of the molecule is O=C(Cc1cccc(F)c1)NCC(=O)NN1C(=O)NC2(CCCCC2)C1=O. The predicted octanol–water partition coefficient (Wildman–Crippen LogP) is 0.770. The van der Waals surface area contributed by atoms with E-state index < -0.39 is 41.7 Å². The number of urea groups is 1. The lowest BCUT2D eigenvalue weighted by Gasteiger charge is -2.30. The van der Waals surface area contributed by atoms with Crippen molar-refractivity contribution >= 4 is 23.8 Å².